The van der Waals surface area contributed by atoms with Gasteiger partial charge in [-0.25, -0.2) is 0 Å². The second-order valence-corrected chi connectivity index (χ2v) is 7.41. The molecule has 1 aromatic rings. The molecule has 1 aromatic carbocycles. The molecule has 0 amide bonds. The number of ether oxygens (including phenoxy) is 1. The molecule has 2 N–H and O–H groups in total. The molecule has 114 valence electrons. The summed E-state index contributed by atoms with van der Waals surface area (Å²) in [6.07, 6.45) is 0.666. The number of halogens is 1. The molecule has 0 fully saturated rings. The molecule has 0 aliphatic carbocycles. The molecule has 0 saturated heterocycles. The predicted octanol–water partition coefficient (Wildman–Crippen LogP) is 3.88. The van der Waals surface area contributed by atoms with Crippen molar-refractivity contribution in [2.24, 2.45) is 0 Å². The Kier molecular flexibility index (Phi) is 6.05. The monoisotopic (exact) mass is 343 g/mol. The summed E-state index contributed by atoms with van der Waals surface area (Å²) in [5, 5.41) is 13.5. The average molecular weight is 344 g/mol. The number of aliphatic hydroxyl groups is 1. The summed E-state index contributed by atoms with van der Waals surface area (Å²) in [6, 6.07) is 5.95. The zero-order chi connectivity index (χ0) is 15.4. The van der Waals surface area contributed by atoms with Crippen molar-refractivity contribution in [3.8, 4) is 5.75 Å². The van der Waals surface area contributed by atoms with Crippen molar-refractivity contribution in [1.29, 1.82) is 0 Å². The van der Waals surface area contributed by atoms with Crippen LogP contribution < -0.4 is 10.1 Å². The van der Waals surface area contributed by atoms with Crippen molar-refractivity contribution in [1.82, 2.24) is 5.32 Å². The zero-order valence-corrected chi connectivity index (χ0v) is 14.7. The minimum atomic E-state index is -0.790. The maximum absolute atomic E-state index is 10.0. The molecule has 0 heterocycles. The molecular weight excluding hydrogens is 318 g/mol. The summed E-state index contributed by atoms with van der Waals surface area (Å²) in [5.41, 5.74) is 0.345. The summed E-state index contributed by atoms with van der Waals surface area (Å²) in [6.45, 7) is 11.2. The molecule has 0 aromatic heterocycles. The Hall–Kier alpha value is -0.580. The average Bonchev–Trinajstić information content (AvgIpc) is 2.34. The summed E-state index contributed by atoms with van der Waals surface area (Å²) in [4.78, 5) is 0. The van der Waals surface area contributed by atoms with Crippen LogP contribution in [0.1, 0.15) is 46.6 Å². The van der Waals surface area contributed by atoms with Crippen LogP contribution in [-0.4, -0.2) is 22.9 Å². The summed E-state index contributed by atoms with van der Waals surface area (Å²) >= 11 is 3.49. The van der Waals surface area contributed by atoms with E-state index in [1.54, 1.807) is 6.92 Å². The minimum Gasteiger partial charge on any atom is -0.490 e. The van der Waals surface area contributed by atoms with Crippen molar-refractivity contribution in [3.05, 3.63) is 28.2 Å². The molecule has 0 aliphatic heterocycles. The van der Waals surface area contributed by atoms with Gasteiger partial charge in [0.05, 0.1) is 5.60 Å². The number of hydrogen-bond donors (Lipinski definition) is 2. The van der Waals surface area contributed by atoms with E-state index in [4.69, 9.17) is 4.74 Å². The van der Waals surface area contributed by atoms with Gasteiger partial charge in [-0.15, -0.1) is 0 Å². The first-order valence-electron chi connectivity index (χ1n) is 7.01. The van der Waals surface area contributed by atoms with Gasteiger partial charge in [-0.3, -0.25) is 0 Å². The first-order chi connectivity index (χ1) is 9.13. The molecule has 0 radical (unpaired) electrons. The Bertz CT molecular complexity index is 439. The standard InChI is InChI=1S/C16H26BrNO2/c1-6-16(5,19)11-20-14-8-7-13(17)9-12(14)10-18-15(2,3)4/h7-9,18-19H,6,10-11H2,1-5H3. The van der Waals surface area contributed by atoms with Crippen LogP contribution in [0, 0.1) is 0 Å². The Morgan fingerprint density at radius 3 is 2.45 bits per heavy atom. The van der Waals surface area contributed by atoms with E-state index in [-0.39, 0.29) is 5.54 Å². The Labute approximate surface area is 130 Å². The van der Waals surface area contributed by atoms with E-state index in [1.807, 2.05) is 19.1 Å². The van der Waals surface area contributed by atoms with Crippen LogP contribution in [0.5, 0.6) is 5.75 Å². The first kappa shape index (κ1) is 17.5. The maximum Gasteiger partial charge on any atom is 0.124 e. The highest BCUT2D eigenvalue weighted by atomic mass is 79.9. The third kappa shape index (κ3) is 6.25. The summed E-state index contributed by atoms with van der Waals surface area (Å²) in [7, 11) is 0. The second-order valence-electron chi connectivity index (χ2n) is 6.49. The molecule has 4 heteroatoms. The lowest BCUT2D eigenvalue weighted by atomic mass is 10.1. The number of nitrogens with one attached hydrogen (secondary N) is 1. The van der Waals surface area contributed by atoms with Gasteiger partial charge in [-0.1, -0.05) is 22.9 Å². The van der Waals surface area contributed by atoms with E-state index in [0.29, 0.717) is 13.0 Å². The van der Waals surface area contributed by atoms with E-state index < -0.39 is 5.60 Å². The predicted molar refractivity (Wildman–Crippen MR) is 87.1 cm³/mol. The highest BCUT2D eigenvalue weighted by Crippen LogP contribution is 2.25. The van der Waals surface area contributed by atoms with E-state index in [1.165, 1.54) is 0 Å². The lowest BCUT2D eigenvalue weighted by Crippen LogP contribution is -2.35. The topological polar surface area (TPSA) is 41.5 Å². The molecule has 0 bridgehead atoms. The maximum atomic E-state index is 10.0. The molecule has 1 unspecified atom stereocenters. The van der Waals surface area contributed by atoms with Crippen LogP contribution in [0.3, 0.4) is 0 Å². The van der Waals surface area contributed by atoms with Crippen molar-refractivity contribution in [2.45, 2.75) is 58.7 Å². The fraction of sp³-hybridized carbons (Fsp3) is 0.625. The number of rotatable bonds is 6. The molecule has 0 aliphatic rings. The van der Waals surface area contributed by atoms with Crippen LogP contribution in [0.2, 0.25) is 0 Å². The highest BCUT2D eigenvalue weighted by molar-refractivity contribution is 9.10. The Morgan fingerprint density at radius 1 is 1.25 bits per heavy atom. The van der Waals surface area contributed by atoms with Crippen LogP contribution in [0.15, 0.2) is 22.7 Å². The fourth-order valence-corrected chi connectivity index (χ4v) is 1.93. The first-order valence-corrected chi connectivity index (χ1v) is 7.81. The second kappa shape index (κ2) is 6.92. The van der Waals surface area contributed by atoms with E-state index in [9.17, 15) is 5.11 Å². The minimum absolute atomic E-state index is 0.0501. The van der Waals surface area contributed by atoms with Crippen LogP contribution in [-0.2, 0) is 6.54 Å². The summed E-state index contributed by atoms with van der Waals surface area (Å²) < 4.78 is 6.83. The quantitative estimate of drug-likeness (QED) is 0.823. The van der Waals surface area contributed by atoms with Gasteiger partial charge in [0.25, 0.3) is 0 Å². The van der Waals surface area contributed by atoms with Gasteiger partial charge in [0.2, 0.25) is 0 Å². The lowest BCUT2D eigenvalue weighted by molar-refractivity contribution is 0.00812. The molecule has 3 nitrogen and oxygen atoms in total. The van der Waals surface area contributed by atoms with Gasteiger partial charge < -0.3 is 15.2 Å². The van der Waals surface area contributed by atoms with Crippen molar-refractivity contribution in [2.75, 3.05) is 6.61 Å². The van der Waals surface area contributed by atoms with Crippen molar-refractivity contribution >= 4 is 15.9 Å². The Balaban J connectivity index is 2.79. The number of benzene rings is 1. The van der Waals surface area contributed by atoms with Gasteiger partial charge in [-0.05, 0) is 52.3 Å². The van der Waals surface area contributed by atoms with Crippen molar-refractivity contribution < 1.29 is 9.84 Å². The summed E-state index contributed by atoms with van der Waals surface area (Å²) in [5.74, 6) is 0.818. The van der Waals surface area contributed by atoms with E-state index in [2.05, 4.69) is 48.1 Å². The van der Waals surface area contributed by atoms with Crippen molar-refractivity contribution in [3.63, 3.8) is 0 Å². The zero-order valence-electron chi connectivity index (χ0n) is 13.1. The van der Waals surface area contributed by atoms with Gasteiger partial charge in [0, 0.05) is 22.1 Å². The van der Waals surface area contributed by atoms with Gasteiger partial charge in [0.1, 0.15) is 12.4 Å². The molecule has 0 spiro atoms. The van der Waals surface area contributed by atoms with Crippen LogP contribution in [0.4, 0.5) is 0 Å². The van der Waals surface area contributed by atoms with E-state index in [0.717, 1.165) is 22.3 Å². The molecule has 1 atom stereocenters. The number of hydrogen-bond acceptors (Lipinski definition) is 3. The Morgan fingerprint density at radius 2 is 1.90 bits per heavy atom. The van der Waals surface area contributed by atoms with E-state index >= 15 is 0 Å². The third-order valence-electron chi connectivity index (χ3n) is 3.13. The molecule has 20 heavy (non-hydrogen) atoms. The van der Waals surface area contributed by atoms with Crippen LogP contribution in [0.25, 0.3) is 0 Å². The third-order valence-corrected chi connectivity index (χ3v) is 3.63. The molecule has 1 rings (SSSR count). The smallest absolute Gasteiger partial charge is 0.124 e. The fourth-order valence-electron chi connectivity index (χ4n) is 1.52. The van der Waals surface area contributed by atoms with Gasteiger partial charge >= 0.3 is 0 Å². The lowest BCUT2D eigenvalue weighted by Gasteiger charge is -2.24. The van der Waals surface area contributed by atoms with Crippen LogP contribution >= 0.6 is 15.9 Å². The highest BCUT2D eigenvalue weighted by Gasteiger charge is 2.19. The molecule has 0 saturated carbocycles. The van der Waals surface area contributed by atoms with Gasteiger partial charge in [0.15, 0.2) is 0 Å². The van der Waals surface area contributed by atoms with Gasteiger partial charge in [-0.2, -0.15) is 0 Å². The molecular formula is C16H26BrNO2. The normalized spacial score (nSPS) is 14.9. The SMILES string of the molecule is CCC(C)(O)COc1ccc(Br)cc1CNC(C)(C)C. The largest absolute Gasteiger partial charge is 0.490 e.